The van der Waals surface area contributed by atoms with Gasteiger partial charge >= 0.3 is 0 Å². The second-order valence-corrected chi connectivity index (χ2v) is 4.06. The summed E-state index contributed by atoms with van der Waals surface area (Å²) in [5.74, 6) is 0. The number of pyridine rings is 1. The lowest BCUT2D eigenvalue weighted by atomic mass is 10.1. The van der Waals surface area contributed by atoms with Crippen molar-refractivity contribution in [3.8, 4) is 0 Å². The minimum Gasteiger partial charge on any atom is -0.381 e. The van der Waals surface area contributed by atoms with E-state index in [1.165, 1.54) is 24.1 Å². The molecule has 0 atom stereocenters. The Labute approximate surface area is 88.1 Å². The molecule has 0 aromatic carbocycles. The van der Waals surface area contributed by atoms with Crippen LogP contribution in [0.4, 0.5) is 5.69 Å². The normalized spacial score (nSPS) is 15.8. The van der Waals surface area contributed by atoms with Crippen molar-refractivity contribution >= 4 is 16.7 Å². The van der Waals surface area contributed by atoms with E-state index in [0.29, 0.717) is 6.04 Å². The average Bonchev–Trinajstić information content (AvgIpc) is 2.94. The highest BCUT2D eigenvalue weighted by Crippen LogP contribution is 2.31. The Morgan fingerprint density at radius 1 is 1.47 bits per heavy atom. The topological polar surface area (TPSA) is 53.6 Å². The van der Waals surface area contributed by atoms with Crippen molar-refractivity contribution < 1.29 is 0 Å². The average molecular weight is 202 g/mol. The molecule has 15 heavy (non-hydrogen) atoms. The summed E-state index contributed by atoms with van der Waals surface area (Å²) < 4.78 is 0. The third kappa shape index (κ3) is 1.46. The van der Waals surface area contributed by atoms with E-state index in [2.05, 4.69) is 27.4 Å². The van der Waals surface area contributed by atoms with E-state index in [9.17, 15) is 0 Å². The van der Waals surface area contributed by atoms with Crippen LogP contribution in [0.15, 0.2) is 12.4 Å². The smallest absolute Gasteiger partial charge is 0.157 e. The summed E-state index contributed by atoms with van der Waals surface area (Å²) in [7, 11) is 0. The lowest BCUT2D eigenvalue weighted by Gasteiger charge is -2.10. The van der Waals surface area contributed by atoms with Crippen LogP contribution in [0.2, 0.25) is 0 Å². The second-order valence-electron chi connectivity index (χ2n) is 4.06. The van der Waals surface area contributed by atoms with E-state index < -0.39 is 0 Å². The first-order chi connectivity index (χ1) is 7.38. The summed E-state index contributed by atoms with van der Waals surface area (Å²) in [4.78, 5) is 4.34. The molecule has 2 aromatic rings. The van der Waals surface area contributed by atoms with Crippen molar-refractivity contribution in [2.45, 2.75) is 32.2 Å². The van der Waals surface area contributed by atoms with Gasteiger partial charge in [0.1, 0.15) is 0 Å². The molecule has 1 aliphatic rings. The molecule has 1 aliphatic carbocycles. The van der Waals surface area contributed by atoms with E-state index in [1.54, 1.807) is 0 Å². The van der Waals surface area contributed by atoms with Crippen molar-refractivity contribution in [1.29, 1.82) is 0 Å². The second kappa shape index (κ2) is 3.22. The van der Waals surface area contributed by atoms with Crippen LogP contribution in [0.25, 0.3) is 11.0 Å². The van der Waals surface area contributed by atoms with Gasteiger partial charge in [0.05, 0.1) is 17.3 Å². The zero-order valence-electron chi connectivity index (χ0n) is 8.75. The molecule has 0 amide bonds. The van der Waals surface area contributed by atoms with Crippen LogP contribution in [0, 0.1) is 0 Å². The summed E-state index contributed by atoms with van der Waals surface area (Å²) in [6, 6.07) is 0.663. The first-order valence-corrected chi connectivity index (χ1v) is 5.46. The van der Waals surface area contributed by atoms with E-state index in [-0.39, 0.29) is 0 Å². The Morgan fingerprint density at radius 3 is 3.07 bits per heavy atom. The predicted molar refractivity (Wildman–Crippen MR) is 59.9 cm³/mol. The van der Waals surface area contributed by atoms with Gasteiger partial charge in [-0.15, -0.1) is 0 Å². The highest BCUT2D eigenvalue weighted by atomic mass is 15.1. The summed E-state index contributed by atoms with van der Waals surface area (Å²) in [5.41, 5.74) is 3.37. The first kappa shape index (κ1) is 8.71. The molecule has 2 aromatic heterocycles. The number of fused-ring (bicyclic) bond motifs is 1. The van der Waals surface area contributed by atoms with Crippen LogP contribution in [-0.4, -0.2) is 21.2 Å². The SMILES string of the molecule is CCc1cnc2[nH]ncc2c1NC1CC1. The van der Waals surface area contributed by atoms with Gasteiger partial charge in [0.15, 0.2) is 5.65 Å². The monoisotopic (exact) mass is 202 g/mol. The van der Waals surface area contributed by atoms with Gasteiger partial charge in [-0.3, -0.25) is 5.10 Å². The van der Waals surface area contributed by atoms with Crippen molar-refractivity contribution in [3.63, 3.8) is 0 Å². The van der Waals surface area contributed by atoms with Crippen molar-refractivity contribution in [1.82, 2.24) is 15.2 Å². The van der Waals surface area contributed by atoms with Crippen molar-refractivity contribution in [2.75, 3.05) is 5.32 Å². The number of hydrogen-bond acceptors (Lipinski definition) is 3. The molecule has 2 heterocycles. The number of rotatable bonds is 3. The molecule has 0 aliphatic heterocycles. The van der Waals surface area contributed by atoms with Crippen LogP contribution in [0.5, 0.6) is 0 Å². The Kier molecular flexibility index (Phi) is 1.87. The molecule has 1 fully saturated rings. The number of aromatic nitrogens is 3. The van der Waals surface area contributed by atoms with E-state index in [4.69, 9.17) is 0 Å². The zero-order valence-corrected chi connectivity index (χ0v) is 8.75. The van der Waals surface area contributed by atoms with Gasteiger partial charge in [0, 0.05) is 12.2 Å². The summed E-state index contributed by atoms with van der Waals surface area (Å²) in [5, 5.41) is 11.6. The number of anilines is 1. The molecule has 1 saturated carbocycles. The zero-order chi connectivity index (χ0) is 10.3. The number of aryl methyl sites for hydroxylation is 1. The Hall–Kier alpha value is -1.58. The van der Waals surface area contributed by atoms with Gasteiger partial charge < -0.3 is 5.32 Å². The van der Waals surface area contributed by atoms with Gasteiger partial charge in [-0.2, -0.15) is 5.10 Å². The van der Waals surface area contributed by atoms with E-state index >= 15 is 0 Å². The lowest BCUT2D eigenvalue weighted by molar-refractivity contribution is 1.07. The predicted octanol–water partition coefficient (Wildman–Crippen LogP) is 2.09. The molecule has 0 radical (unpaired) electrons. The fraction of sp³-hybridized carbons (Fsp3) is 0.455. The standard InChI is InChI=1S/C11H14N4/c1-2-7-5-12-11-9(6-13-15-11)10(7)14-8-3-4-8/h5-6,8H,2-4H2,1H3,(H2,12,13,14,15). The maximum absolute atomic E-state index is 4.34. The molecular weight excluding hydrogens is 188 g/mol. The van der Waals surface area contributed by atoms with Crippen LogP contribution < -0.4 is 5.32 Å². The molecule has 0 unspecified atom stereocenters. The van der Waals surface area contributed by atoms with Crippen LogP contribution in [0.3, 0.4) is 0 Å². The number of hydrogen-bond donors (Lipinski definition) is 2. The molecular formula is C11H14N4. The fourth-order valence-electron chi connectivity index (χ4n) is 1.81. The van der Waals surface area contributed by atoms with Gasteiger partial charge in [0.2, 0.25) is 0 Å². The fourth-order valence-corrected chi connectivity index (χ4v) is 1.81. The van der Waals surface area contributed by atoms with Gasteiger partial charge in [-0.05, 0) is 24.8 Å². The molecule has 4 nitrogen and oxygen atoms in total. The number of nitrogens with zero attached hydrogens (tertiary/aromatic N) is 2. The third-order valence-corrected chi connectivity index (χ3v) is 2.87. The Morgan fingerprint density at radius 2 is 2.33 bits per heavy atom. The highest BCUT2D eigenvalue weighted by molar-refractivity contribution is 5.90. The Bertz CT molecular complexity index is 484. The lowest BCUT2D eigenvalue weighted by Crippen LogP contribution is -2.04. The number of aromatic amines is 1. The van der Waals surface area contributed by atoms with Crippen LogP contribution in [0.1, 0.15) is 25.3 Å². The molecule has 0 saturated heterocycles. The summed E-state index contributed by atoms with van der Waals surface area (Å²) in [6.07, 6.45) is 7.36. The Balaban J connectivity index is 2.13. The summed E-state index contributed by atoms with van der Waals surface area (Å²) in [6.45, 7) is 2.15. The molecule has 2 N–H and O–H groups in total. The largest absolute Gasteiger partial charge is 0.381 e. The molecule has 0 spiro atoms. The van der Waals surface area contributed by atoms with E-state index in [0.717, 1.165) is 17.5 Å². The maximum Gasteiger partial charge on any atom is 0.157 e. The molecule has 4 heteroatoms. The third-order valence-electron chi connectivity index (χ3n) is 2.87. The minimum absolute atomic E-state index is 0.663. The van der Waals surface area contributed by atoms with Gasteiger partial charge in [0.25, 0.3) is 0 Å². The van der Waals surface area contributed by atoms with Crippen molar-refractivity contribution in [3.05, 3.63) is 18.0 Å². The summed E-state index contributed by atoms with van der Waals surface area (Å²) >= 11 is 0. The quantitative estimate of drug-likeness (QED) is 0.801. The van der Waals surface area contributed by atoms with Crippen LogP contribution >= 0.6 is 0 Å². The first-order valence-electron chi connectivity index (χ1n) is 5.46. The number of H-pyrrole nitrogens is 1. The minimum atomic E-state index is 0.663. The highest BCUT2D eigenvalue weighted by Gasteiger charge is 2.23. The number of nitrogens with one attached hydrogen (secondary N) is 2. The van der Waals surface area contributed by atoms with Gasteiger partial charge in [-0.25, -0.2) is 4.98 Å². The molecule has 78 valence electrons. The van der Waals surface area contributed by atoms with E-state index in [1.807, 2.05) is 12.4 Å². The molecule has 3 rings (SSSR count). The molecule has 0 bridgehead atoms. The van der Waals surface area contributed by atoms with Crippen molar-refractivity contribution in [2.24, 2.45) is 0 Å². The van der Waals surface area contributed by atoms with Crippen LogP contribution in [-0.2, 0) is 6.42 Å². The maximum atomic E-state index is 4.34. The van der Waals surface area contributed by atoms with Gasteiger partial charge in [-0.1, -0.05) is 6.92 Å².